The molecule has 4 bridgehead atoms. The van der Waals surface area contributed by atoms with E-state index in [1.165, 1.54) is 32.1 Å². The fourth-order valence-electron chi connectivity index (χ4n) is 5.22. The van der Waals surface area contributed by atoms with Gasteiger partial charge in [-0.15, -0.1) is 0 Å². The van der Waals surface area contributed by atoms with Crippen molar-refractivity contribution in [2.75, 3.05) is 5.73 Å². The average molecular weight is 258 g/mol. The number of aliphatic hydroxyl groups is 1. The van der Waals surface area contributed by atoms with Crippen LogP contribution in [0.1, 0.15) is 37.7 Å². The Kier molecular flexibility index (Phi) is 2.44. The summed E-state index contributed by atoms with van der Waals surface area (Å²) in [5.74, 6) is 3.37. The van der Waals surface area contributed by atoms with E-state index in [2.05, 4.69) is 4.98 Å². The minimum Gasteiger partial charge on any atom is -0.389 e. The van der Waals surface area contributed by atoms with E-state index in [0.29, 0.717) is 17.7 Å². The van der Waals surface area contributed by atoms with Gasteiger partial charge in [-0.2, -0.15) is 0 Å². The lowest BCUT2D eigenvalue weighted by atomic mass is 9.49. The first-order valence-corrected chi connectivity index (χ1v) is 7.56. The lowest BCUT2D eigenvalue weighted by Gasteiger charge is -2.59. The highest BCUT2D eigenvalue weighted by atomic mass is 16.3. The monoisotopic (exact) mass is 258 g/mol. The summed E-state index contributed by atoms with van der Waals surface area (Å²) in [7, 11) is 0. The van der Waals surface area contributed by atoms with E-state index in [0.717, 1.165) is 23.8 Å². The van der Waals surface area contributed by atoms with E-state index in [9.17, 15) is 5.11 Å². The second kappa shape index (κ2) is 3.95. The molecule has 5 rings (SSSR count). The molecule has 1 heterocycles. The molecule has 0 atom stereocenters. The maximum absolute atomic E-state index is 11.3. The molecule has 0 aromatic carbocycles. The second-order valence-electron chi connectivity index (χ2n) is 7.06. The summed E-state index contributed by atoms with van der Waals surface area (Å²) in [5.41, 5.74) is 6.42. The molecule has 1 aromatic rings. The zero-order valence-electron chi connectivity index (χ0n) is 11.3. The van der Waals surface area contributed by atoms with Gasteiger partial charge in [0.05, 0.1) is 5.60 Å². The van der Waals surface area contributed by atoms with Gasteiger partial charge in [-0.05, 0) is 73.5 Å². The standard InChI is InChI=1S/C16H22N2O/c17-15-8-10(1-2-18-15)9-16(19)13-4-11-3-12(6-13)7-14(16)5-11/h1-2,8,11-14,19H,3-7,9H2,(H2,17,18). The molecule has 0 saturated heterocycles. The van der Waals surface area contributed by atoms with Gasteiger partial charge in [0.25, 0.3) is 0 Å². The number of hydrogen-bond donors (Lipinski definition) is 2. The van der Waals surface area contributed by atoms with E-state index < -0.39 is 5.60 Å². The number of nitrogen functional groups attached to an aromatic ring is 1. The van der Waals surface area contributed by atoms with E-state index in [4.69, 9.17) is 5.73 Å². The maximum atomic E-state index is 11.3. The SMILES string of the molecule is Nc1cc(CC2(O)C3CC4CC(C3)CC2C4)ccn1. The summed E-state index contributed by atoms with van der Waals surface area (Å²) < 4.78 is 0. The summed E-state index contributed by atoms with van der Waals surface area (Å²) in [6.07, 6.45) is 8.89. The van der Waals surface area contributed by atoms with Crippen LogP contribution in [0.15, 0.2) is 18.3 Å². The number of pyridine rings is 1. The molecule has 4 aliphatic carbocycles. The van der Waals surface area contributed by atoms with Gasteiger partial charge in [0, 0.05) is 12.6 Å². The molecule has 0 amide bonds. The highest BCUT2D eigenvalue weighted by Crippen LogP contribution is 2.59. The first-order chi connectivity index (χ1) is 9.13. The van der Waals surface area contributed by atoms with Crippen molar-refractivity contribution in [1.29, 1.82) is 0 Å². The van der Waals surface area contributed by atoms with Crippen LogP contribution in [0, 0.1) is 23.7 Å². The number of nitrogens with two attached hydrogens (primary N) is 1. The first-order valence-electron chi connectivity index (χ1n) is 7.56. The minimum absolute atomic E-state index is 0.485. The Balaban J connectivity index is 1.63. The molecule has 1 aromatic heterocycles. The van der Waals surface area contributed by atoms with Crippen LogP contribution in [0.25, 0.3) is 0 Å². The van der Waals surface area contributed by atoms with Gasteiger partial charge in [0.2, 0.25) is 0 Å². The molecular weight excluding hydrogens is 236 g/mol. The summed E-state index contributed by atoms with van der Waals surface area (Å²) in [5, 5.41) is 11.3. The van der Waals surface area contributed by atoms with Crippen molar-refractivity contribution in [3.05, 3.63) is 23.9 Å². The van der Waals surface area contributed by atoms with Crippen molar-refractivity contribution < 1.29 is 5.11 Å². The van der Waals surface area contributed by atoms with Gasteiger partial charge < -0.3 is 10.8 Å². The molecule has 4 aliphatic rings. The van der Waals surface area contributed by atoms with Crippen LogP contribution in [-0.2, 0) is 6.42 Å². The lowest BCUT2D eigenvalue weighted by Crippen LogP contribution is -2.58. The summed E-state index contributed by atoms with van der Waals surface area (Å²) >= 11 is 0. The van der Waals surface area contributed by atoms with Crippen LogP contribution in [-0.4, -0.2) is 15.7 Å². The van der Waals surface area contributed by atoms with Crippen LogP contribution < -0.4 is 5.73 Å². The predicted octanol–water partition coefficient (Wildman–Crippen LogP) is 2.39. The molecule has 0 radical (unpaired) electrons. The molecule has 4 fully saturated rings. The molecule has 3 N–H and O–H groups in total. The average Bonchev–Trinajstić information content (AvgIpc) is 2.35. The molecule has 0 spiro atoms. The quantitative estimate of drug-likeness (QED) is 0.856. The van der Waals surface area contributed by atoms with Crippen LogP contribution >= 0.6 is 0 Å². The van der Waals surface area contributed by atoms with Crippen LogP contribution in [0.2, 0.25) is 0 Å². The van der Waals surface area contributed by atoms with E-state index in [1.807, 2.05) is 12.1 Å². The van der Waals surface area contributed by atoms with Crippen molar-refractivity contribution in [2.24, 2.45) is 23.7 Å². The highest BCUT2D eigenvalue weighted by molar-refractivity contribution is 5.33. The number of rotatable bonds is 2. The summed E-state index contributed by atoms with van der Waals surface area (Å²) in [6.45, 7) is 0. The largest absolute Gasteiger partial charge is 0.389 e. The van der Waals surface area contributed by atoms with Gasteiger partial charge >= 0.3 is 0 Å². The number of aromatic nitrogens is 1. The zero-order chi connectivity index (χ0) is 13.0. The Hall–Kier alpha value is -1.09. The van der Waals surface area contributed by atoms with Crippen molar-refractivity contribution in [1.82, 2.24) is 4.98 Å². The molecule has 0 unspecified atom stereocenters. The fraction of sp³-hybridized carbons (Fsp3) is 0.688. The van der Waals surface area contributed by atoms with E-state index in [-0.39, 0.29) is 0 Å². The predicted molar refractivity (Wildman–Crippen MR) is 74.3 cm³/mol. The Morgan fingerprint density at radius 2 is 1.79 bits per heavy atom. The highest BCUT2D eigenvalue weighted by Gasteiger charge is 2.56. The molecule has 4 saturated carbocycles. The maximum Gasteiger partial charge on any atom is 0.123 e. The summed E-state index contributed by atoms with van der Waals surface area (Å²) in [4.78, 5) is 4.04. The van der Waals surface area contributed by atoms with Crippen molar-refractivity contribution in [3.8, 4) is 0 Å². The smallest absolute Gasteiger partial charge is 0.123 e. The van der Waals surface area contributed by atoms with Crippen molar-refractivity contribution in [2.45, 2.75) is 44.1 Å². The molecule has 3 heteroatoms. The van der Waals surface area contributed by atoms with Gasteiger partial charge in [0.15, 0.2) is 0 Å². The van der Waals surface area contributed by atoms with Gasteiger partial charge in [-0.3, -0.25) is 0 Å². The Morgan fingerprint density at radius 1 is 1.16 bits per heavy atom. The molecule has 3 nitrogen and oxygen atoms in total. The van der Waals surface area contributed by atoms with Crippen LogP contribution in [0.3, 0.4) is 0 Å². The van der Waals surface area contributed by atoms with Crippen molar-refractivity contribution >= 4 is 5.82 Å². The van der Waals surface area contributed by atoms with E-state index >= 15 is 0 Å². The third kappa shape index (κ3) is 1.78. The van der Waals surface area contributed by atoms with Gasteiger partial charge in [-0.1, -0.05) is 0 Å². The van der Waals surface area contributed by atoms with Gasteiger partial charge in [0.1, 0.15) is 5.82 Å². The third-order valence-electron chi connectivity index (χ3n) is 5.88. The zero-order valence-corrected chi connectivity index (χ0v) is 11.3. The van der Waals surface area contributed by atoms with Gasteiger partial charge in [-0.25, -0.2) is 4.98 Å². The summed E-state index contributed by atoms with van der Waals surface area (Å²) in [6, 6.07) is 3.92. The minimum atomic E-state index is -0.485. The first kappa shape index (κ1) is 11.7. The van der Waals surface area contributed by atoms with Crippen LogP contribution in [0.5, 0.6) is 0 Å². The van der Waals surface area contributed by atoms with E-state index in [1.54, 1.807) is 6.20 Å². The molecule has 0 aliphatic heterocycles. The van der Waals surface area contributed by atoms with Crippen molar-refractivity contribution in [3.63, 3.8) is 0 Å². The lowest BCUT2D eigenvalue weighted by molar-refractivity contribution is -0.171. The third-order valence-corrected chi connectivity index (χ3v) is 5.88. The second-order valence-corrected chi connectivity index (χ2v) is 7.06. The molecule has 19 heavy (non-hydrogen) atoms. The Morgan fingerprint density at radius 3 is 2.37 bits per heavy atom. The number of nitrogens with zero attached hydrogens (tertiary/aromatic N) is 1. The fourth-order valence-corrected chi connectivity index (χ4v) is 5.22. The number of anilines is 1. The Labute approximate surface area is 114 Å². The number of hydrogen-bond acceptors (Lipinski definition) is 3. The topological polar surface area (TPSA) is 59.1 Å². The molecule has 102 valence electrons. The Bertz CT molecular complexity index is 471. The molecular formula is C16H22N2O. The van der Waals surface area contributed by atoms with Crippen LogP contribution in [0.4, 0.5) is 5.82 Å². The normalized spacial score (nSPS) is 43.6.